The third kappa shape index (κ3) is 6.59. The lowest BCUT2D eigenvalue weighted by Gasteiger charge is -2.33. The maximum absolute atomic E-state index is 13.1. The van der Waals surface area contributed by atoms with Crippen LogP contribution in [0.3, 0.4) is 0 Å². The molecule has 1 N–H and O–H groups in total. The van der Waals surface area contributed by atoms with Crippen LogP contribution < -0.4 is 5.32 Å². The summed E-state index contributed by atoms with van der Waals surface area (Å²) >= 11 is 3.13. The van der Waals surface area contributed by atoms with Crippen molar-refractivity contribution >= 4 is 50.2 Å². The number of sulfonamides is 1. The number of benzene rings is 1. The molecule has 1 aromatic carbocycles. The number of thioether (sulfide) groups is 1. The smallest absolute Gasteiger partial charge is 0.242 e. The lowest BCUT2D eigenvalue weighted by Crippen LogP contribution is -2.47. The van der Waals surface area contributed by atoms with Gasteiger partial charge in [0.1, 0.15) is 0 Å². The van der Waals surface area contributed by atoms with Crippen LogP contribution in [0.1, 0.15) is 43.4 Å². The second-order valence-electron chi connectivity index (χ2n) is 8.39. The number of rotatable bonds is 8. The Bertz CT molecular complexity index is 1080. The number of anilines is 1. The average Bonchev–Trinajstić information content (AvgIpc) is 3.46. The quantitative estimate of drug-likeness (QED) is 0.577. The van der Waals surface area contributed by atoms with Crippen LogP contribution in [0.15, 0.2) is 40.7 Å². The van der Waals surface area contributed by atoms with Crippen LogP contribution in [-0.4, -0.2) is 59.7 Å². The Kier molecular flexibility index (Phi) is 8.11. The lowest BCUT2D eigenvalue weighted by molar-refractivity contribution is -0.129. The number of nitrogens with zero attached hydrogens (tertiary/aromatic N) is 3. The summed E-state index contributed by atoms with van der Waals surface area (Å²) in [6.07, 6.45) is 7.95. The molecule has 1 aliphatic carbocycles. The maximum atomic E-state index is 13.1. The third-order valence-corrected chi connectivity index (χ3v) is 9.03. The van der Waals surface area contributed by atoms with Crippen molar-refractivity contribution in [3.05, 3.63) is 52.0 Å². The normalized spacial score (nSPS) is 18.8. The van der Waals surface area contributed by atoms with Crippen LogP contribution in [0.4, 0.5) is 5.13 Å². The number of hydrogen-bond donors (Lipinski definition) is 1. The number of aromatic nitrogens is 1. The summed E-state index contributed by atoms with van der Waals surface area (Å²) in [6.45, 7) is 1.19. The van der Waals surface area contributed by atoms with E-state index in [2.05, 4.69) is 22.4 Å². The molecule has 2 fully saturated rings. The molecule has 0 radical (unpaired) electrons. The van der Waals surface area contributed by atoms with Crippen LogP contribution in [0.25, 0.3) is 6.08 Å². The van der Waals surface area contributed by atoms with E-state index in [1.54, 1.807) is 16.7 Å². The summed E-state index contributed by atoms with van der Waals surface area (Å²) in [6, 6.07) is 10.1. The fraction of sp³-hybridized carbons (Fsp3) is 0.478. The molecule has 2 aliphatic rings. The fourth-order valence-electron chi connectivity index (χ4n) is 4.24. The van der Waals surface area contributed by atoms with Gasteiger partial charge in [0.05, 0.1) is 23.5 Å². The van der Waals surface area contributed by atoms with Crippen molar-refractivity contribution < 1.29 is 13.2 Å². The highest BCUT2D eigenvalue weighted by Crippen LogP contribution is 2.32. The van der Waals surface area contributed by atoms with E-state index in [1.165, 1.54) is 27.5 Å². The number of carbonyl (C=O) groups is 1. The Morgan fingerprint density at radius 3 is 2.73 bits per heavy atom. The highest BCUT2D eigenvalue weighted by Gasteiger charge is 2.33. The molecular weight excluding hydrogens is 476 g/mol. The van der Waals surface area contributed by atoms with Gasteiger partial charge in [-0.1, -0.05) is 49.6 Å². The summed E-state index contributed by atoms with van der Waals surface area (Å²) in [5.41, 5.74) is 1.98. The fourth-order valence-corrected chi connectivity index (χ4v) is 7.04. The highest BCUT2D eigenvalue weighted by molar-refractivity contribution is 8.03. The van der Waals surface area contributed by atoms with Crippen LogP contribution in [-0.2, 0) is 21.4 Å². The molecule has 1 saturated heterocycles. The molecular formula is C23H30N4O3S3. The Labute approximate surface area is 204 Å². The molecule has 1 aromatic heterocycles. The molecule has 2 aromatic rings. The van der Waals surface area contributed by atoms with Crippen LogP contribution in [0.2, 0.25) is 0 Å². The number of hydrogen-bond acceptors (Lipinski definition) is 7. The minimum atomic E-state index is -3.45. The van der Waals surface area contributed by atoms with Crippen molar-refractivity contribution in [3.8, 4) is 0 Å². The largest absolute Gasteiger partial charge is 0.357 e. The molecule has 1 aliphatic heterocycles. The van der Waals surface area contributed by atoms with Gasteiger partial charge in [0.2, 0.25) is 15.9 Å². The first-order chi connectivity index (χ1) is 15.9. The minimum absolute atomic E-state index is 0.0721. The zero-order chi connectivity index (χ0) is 23.3. The summed E-state index contributed by atoms with van der Waals surface area (Å²) in [5, 5.41) is 6.96. The van der Waals surface area contributed by atoms with Gasteiger partial charge in [-0.15, -0.1) is 23.1 Å². The maximum Gasteiger partial charge on any atom is 0.242 e. The van der Waals surface area contributed by atoms with Gasteiger partial charge in [-0.05, 0) is 24.5 Å². The lowest BCUT2D eigenvalue weighted by atomic mass is 9.95. The molecule has 10 heteroatoms. The molecule has 178 valence electrons. The van der Waals surface area contributed by atoms with Crippen molar-refractivity contribution in [1.29, 1.82) is 0 Å². The summed E-state index contributed by atoms with van der Waals surface area (Å²) in [7, 11) is -3.45. The molecule has 4 rings (SSSR count). The first-order valence-electron chi connectivity index (χ1n) is 11.2. The van der Waals surface area contributed by atoms with Crippen molar-refractivity contribution in [2.45, 2.75) is 44.7 Å². The van der Waals surface area contributed by atoms with Crippen molar-refractivity contribution in [2.24, 2.45) is 0 Å². The van der Waals surface area contributed by atoms with Gasteiger partial charge in [-0.25, -0.2) is 13.4 Å². The van der Waals surface area contributed by atoms with Gasteiger partial charge in [-0.2, -0.15) is 4.31 Å². The summed E-state index contributed by atoms with van der Waals surface area (Å²) in [5.74, 6) is 0.628. The van der Waals surface area contributed by atoms with Gasteiger partial charge in [0.25, 0.3) is 0 Å². The Balaban J connectivity index is 1.41. The van der Waals surface area contributed by atoms with Gasteiger partial charge in [0.15, 0.2) is 5.13 Å². The molecule has 0 unspecified atom stereocenters. The van der Waals surface area contributed by atoms with Crippen molar-refractivity contribution in [1.82, 2.24) is 14.2 Å². The number of nitrogens with one attached hydrogen (secondary N) is 1. The van der Waals surface area contributed by atoms with Gasteiger partial charge in [-0.3, -0.25) is 4.79 Å². The first-order valence-corrected chi connectivity index (χ1v) is 15.0. The van der Waals surface area contributed by atoms with E-state index in [9.17, 15) is 13.2 Å². The highest BCUT2D eigenvalue weighted by atomic mass is 32.2. The van der Waals surface area contributed by atoms with E-state index in [0.717, 1.165) is 53.7 Å². The topological polar surface area (TPSA) is 82.6 Å². The molecule has 0 atom stereocenters. The van der Waals surface area contributed by atoms with Gasteiger partial charge < -0.3 is 10.2 Å². The predicted molar refractivity (Wildman–Crippen MR) is 136 cm³/mol. The summed E-state index contributed by atoms with van der Waals surface area (Å²) < 4.78 is 26.3. The minimum Gasteiger partial charge on any atom is -0.357 e. The molecule has 2 heterocycles. The Morgan fingerprint density at radius 1 is 1.24 bits per heavy atom. The van der Waals surface area contributed by atoms with Gasteiger partial charge in [0, 0.05) is 30.3 Å². The van der Waals surface area contributed by atoms with E-state index >= 15 is 0 Å². The zero-order valence-corrected chi connectivity index (χ0v) is 21.2. The van der Waals surface area contributed by atoms with E-state index in [4.69, 9.17) is 0 Å². The van der Waals surface area contributed by atoms with E-state index in [1.807, 2.05) is 29.7 Å². The first kappa shape index (κ1) is 24.3. The van der Waals surface area contributed by atoms with E-state index < -0.39 is 10.0 Å². The number of amides is 1. The standard InChI is InChI=1S/C23H30N4O3S3/c1-33(29,30)27(20-10-6-3-7-11-20)16-21(28)26-12-13-31-22(26)14-19-17-32-23(25-19)24-15-18-8-4-2-5-9-18/h2,4-5,8-9,14,17,20H,3,6-7,10-13,15-16H2,1H3,(H,24,25)/b22-14+. The van der Waals surface area contributed by atoms with Crippen LogP contribution in [0, 0.1) is 0 Å². The van der Waals surface area contributed by atoms with Gasteiger partial charge >= 0.3 is 0 Å². The van der Waals surface area contributed by atoms with Crippen LogP contribution >= 0.6 is 23.1 Å². The number of thiazole rings is 1. The molecule has 7 nitrogen and oxygen atoms in total. The second kappa shape index (κ2) is 11.0. The van der Waals surface area contributed by atoms with Crippen molar-refractivity contribution in [3.63, 3.8) is 0 Å². The molecule has 1 amide bonds. The SMILES string of the molecule is CS(=O)(=O)N(CC(=O)N1CCS/C1=C/c1csc(NCc2ccccc2)n1)C1CCCCC1. The third-order valence-electron chi connectivity index (χ3n) is 5.91. The Morgan fingerprint density at radius 2 is 2.00 bits per heavy atom. The monoisotopic (exact) mass is 506 g/mol. The zero-order valence-electron chi connectivity index (χ0n) is 18.8. The van der Waals surface area contributed by atoms with Crippen LogP contribution in [0.5, 0.6) is 0 Å². The predicted octanol–water partition coefficient (Wildman–Crippen LogP) is 4.22. The average molecular weight is 507 g/mol. The van der Waals surface area contributed by atoms with E-state index in [0.29, 0.717) is 13.1 Å². The number of carbonyl (C=O) groups excluding carboxylic acids is 1. The molecule has 0 spiro atoms. The molecule has 0 bridgehead atoms. The summed E-state index contributed by atoms with van der Waals surface area (Å²) in [4.78, 5) is 19.5. The van der Waals surface area contributed by atoms with Crippen molar-refractivity contribution in [2.75, 3.05) is 30.4 Å². The molecule has 33 heavy (non-hydrogen) atoms. The molecule has 1 saturated carbocycles. The Hall–Kier alpha value is -1.88. The van der Waals surface area contributed by atoms with E-state index in [-0.39, 0.29) is 18.5 Å². The second-order valence-corrected chi connectivity index (χ2v) is 12.3.